The monoisotopic (exact) mass is 337 g/mol. The van der Waals surface area contributed by atoms with E-state index in [1.54, 1.807) is 24.9 Å². The van der Waals surface area contributed by atoms with E-state index >= 15 is 0 Å². The molecule has 0 unspecified atom stereocenters. The fourth-order valence-corrected chi connectivity index (χ4v) is 4.00. The molecule has 1 aromatic heterocycles. The smallest absolute Gasteiger partial charge is 0.208 e. The lowest BCUT2D eigenvalue weighted by molar-refractivity contribution is 0.391. The summed E-state index contributed by atoms with van der Waals surface area (Å²) in [5, 5.41) is 8.75. The van der Waals surface area contributed by atoms with Crippen molar-refractivity contribution in [2.24, 2.45) is 5.92 Å². The van der Waals surface area contributed by atoms with Gasteiger partial charge in [-0.05, 0) is 37.0 Å². The second-order valence-electron chi connectivity index (χ2n) is 5.63. The first-order chi connectivity index (χ1) is 10.8. The minimum Gasteiger partial charge on any atom is -0.496 e. The van der Waals surface area contributed by atoms with Gasteiger partial charge in [0.25, 0.3) is 0 Å². The second kappa shape index (κ2) is 7.38. The molecule has 6 heteroatoms. The standard InChI is InChI=1S/C16H20ClN3OS/c1-21-14-8-7-12(17)9-13(14)15-18-16(20-19-15)22-10-11-5-3-2-4-6-11/h7-9,11H,2-6,10H2,1H3,(H,18,19,20). The third-order valence-corrected chi connectivity index (χ3v) is 5.37. The zero-order valence-corrected chi connectivity index (χ0v) is 14.2. The van der Waals surface area contributed by atoms with E-state index in [2.05, 4.69) is 15.2 Å². The van der Waals surface area contributed by atoms with Gasteiger partial charge in [0.15, 0.2) is 5.82 Å². The Bertz CT molecular complexity index is 626. The van der Waals surface area contributed by atoms with E-state index in [1.165, 1.54) is 32.1 Å². The van der Waals surface area contributed by atoms with Crippen molar-refractivity contribution in [3.63, 3.8) is 0 Å². The minimum absolute atomic E-state index is 0.656. The van der Waals surface area contributed by atoms with Gasteiger partial charge < -0.3 is 4.74 Å². The maximum atomic E-state index is 6.07. The summed E-state index contributed by atoms with van der Waals surface area (Å²) in [6.07, 6.45) is 6.80. The Kier molecular flexibility index (Phi) is 5.26. The Labute approximate surface area is 140 Å². The first kappa shape index (κ1) is 15.7. The van der Waals surface area contributed by atoms with Gasteiger partial charge in [0.2, 0.25) is 5.16 Å². The summed E-state index contributed by atoms with van der Waals surface area (Å²) >= 11 is 7.80. The zero-order chi connectivity index (χ0) is 15.4. The van der Waals surface area contributed by atoms with Crippen LogP contribution in [0.5, 0.6) is 5.75 Å². The van der Waals surface area contributed by atoms with E-state index in [1.807, 2.05) is 12.1 Å². The SMILES string of the molecule is COc1ccc(Cl)cc1-c1nc(SCC2CCCCC2)n[nH]1. The van der Waals surface area contributed by atoms with E-state index in [4.69, 9.17) is 16.3 Å². The van der Waals surface area contributed by atoms with Gasteiger partial charge in [0.05, 0.1) is 12.7 Å². The normalized spacial score (nSPS) is 15.9. The van der Waals surface area contributed by atoms with E-state index in [-0.39, 0.29) is 0 Å². The molecule has 1 aromatic carbocycles. The third kappa shape index (κ3) is 3.76. The molecule has 1 heterocycles. The van der Waals surface area contributed by atoms with Gasteiger partial charge in [0, 0.05) is 10.8 Å². The number of thioether (sulfide) groups is 1. The molecule has 0 amide bonds. The van der Waals surface area contributed by atoms with Crippen LogP contribution in [0.2, 0.25) is 5.02 Å². The summed E-state index contributed by atoms with van der Waals surface area (Å²) in [6.45, 7) is 0. The Hall–Kier alpha value is -1.20. The van der Waals surface area contributed by atoms with Crippen LogP contribution in [-0.2, 0) is 0 Å². The third-order valence-electron chi connectivity index (χ3n) is 4.05. The quantitative estimate of drug-likeness (QED) is 0.796. The van der Waals surface area contributed by atoms with Crippen molar-refractivity contribution in [3.05, 3.63) is 23.2 Å². The molecule has 1 saturated carbocycles. The first-order valence-electron chi connectivity index (χ1n) is 7.65. The molecule has 0 saturated heterocycles. The molecule has 1 aliphatic rings. The summed E-state index contributed by atoms with van der Waals surface area (Å²) in [5.74, 6) is 3.35. The number of nitrogens with zero attached hydrogens (tertiary/aromatic N) is 2. The van der Waals surface area contributed by atoms with Crippen molar-refractivity contribution >= 4 is 23.4 Å². The number of benzene rings is 1. The minimum atomic E-state index is 0.656. The highest BCUT2D eigenvalue weighted by molar-refractivity contribution is 7.99. The molecular formula is C16H20ClN3OS. The van der Waals surface area contributed by atoms with Crippen LogP contribution in [-0.4, -0.2) is 28.0 Å². The summed E-state index contributed by atoms with van der Waals surface area (Å²) in [5.41, 5.74) is 0.840. The van der Waals surface area contributed by atoms with E-state index in [9.17, 15) is 0 Å². The zero-order valence-electron chi connectivity index (χ0n) is 12.6. The molecule has 0 atom stereocenters. The van der Waals surface area contributed by atoms with Gasteiger partial charge in [-0.3, -0.25) is 5.10 Å². The fraction of sp³-hybridized carbons (Fsp3) is 0.500. The predicted octanol–water partition coefficient (Wildman–Crippen LogP) is 4.81. The largest absolute Gasteiger partial charge is 0.496 e. The molecule has 3 rings (SSSR count). The lowest BCUT2D eigenvalue weighted by atomic mass is 9.91. The maximum Gasteiger partial charge on any atom is 0.208 e. The van der Waals surface area contributed by atoms with Gasteiger partial charge in [-0.2, -0.15) is 0 Å². The highest BCUT2D eigenvalue weighted by atomic mass is 35.5. The van der Waals surface area contributed by atoms with E-state index in [0.29, 0.717) is 10.8 Å². The number of aromatic nitrogens is 3. The molecule has 4 nitrogen and oxygen atoms in total. The highest BCUT2D eigenvalue weighted by Gasteiger charge is 2.16. The van der Waals surface area contributed by atoms with Gasteiger partial charge in [-0.15, -0.1) is 5.10 Å². The number of rotatable bonds is 5. The molecule has 1 aliphatic carbocycles. The van der Waals surface area contributed by atoms with Crippen molar-refractivity contribution in [1.82, 2.24) is 15.2 Å². The number of halogens is 1. The van der Waals surface area contributed by atoms with Crippen molar-refractivity contribution in [2.75, 3.05) is 12.9 Å². The summed E-state index contributed by atoms with van der Waals surface area (Å²) in [6, 6.07) is 5.49. The van der Waals surface area contributed by atoms with Crippen molar-refractivity contribution in [1.29, 1.82) is 0 Å². The molecule has 0 aliphatic heterocycles. The Morgan fingerprint density at radius 2 is 2.14 bits per heavy atom. The van der Waals surface area contributed by atoms with Gasteiger partial charge in [0.1, 0.15) is 5.75 Å². The van der Waals surface area contributed by atoms with Crippen LogP contribution in [0.25, 0.3) is 11.4 Å². The van der Waals surface area contributed by atoms with Gasteiger partial charge >= 0.3 is 0 Å². The van der Waals surface area contributed by atoms with Crippen LogP contribution >= 0.6 is 23.4 Å². The number of hydrogen-bond acceptors (Lipinski definition) is 4. The van der Waals surface area contributed by atoms with Crippen LogP contribution < -0.4 is 4.74 Å². The number of hydrogen-bond donors (Lipinski definition) is 1. The number of aromatic amines is 1. The Morgan fingerprint density at radius 3 is 2.91 bits per heavy atom. The Balaban J connectivity index is 1.69. The lowest BCUT2D eigenvalue weighted by Gasteiger charge is -2.20. The van der Waals surface area contributed by atoms with Crippen LogP contribution in [0.4, 0.5) is 0 Å². The molecular weight excluding hydrogens is 318 g/mol. The predicted molar refractivity (Wildman–Crippen MR) is 90.7 cm³/mol. The molecule has 1 fully saturated rings. The van der Waals surface area contributed by atoms with E-state index in [0.717, 1.165) is 28.1 Å². The van der Waals surface area contributed by atoms with Crippen molar-refractivity contribution in [2.45, 2.75) is 37.3 Å². The fourth-order valence-electron chi connectivity index (χ4n) is 2.84. The van der Waals surface area contributed by atoms with Crippen molar-refractivity contribution < 1.29 is 4.74 Å². The number of ether oxygens (including phenoxy) is 1. The van der Waals surface area contributed by atoms with Gasteiger partial charge in [-0.1, -0.05) is 42.6 Å². The van der Waals surface area contributed by atoms with Crippen LogP contribution in [0, 0.1) is 5.92 Å². The maximum absolute atomic E-state index is 6.07. The molecule has 118 valence electrons. The van der Waals surface area contributed by atoms with Crippen LogP contribution in [0.1, 0.15) is 32.1 Å². The molecule has 0 bridgehead atoms. The lowest BCUT2D eigenvalue weighted by Crippen LogP contribution is -2.08. The Morgan fingerprint density at radius 1 is 1.32 bits per heavy atom. The summed E-state index contributed by atoms with van der Waals surface area (Å²) in [7, 11) is 1.64. The summed E-state index contributed by atoms with van der Waals surface area (Å²) in [4.78, 5) is 4.57. The van der Waals surface area contributed by atoms with Crippen LogP contribution in [0.15, 0.2) is 23.4 Å². The summed E-state index contributed by atoms with van der Waals surface area (Å²) < 4.78 is 5.37. The molecule has 22 heavy (non-hydrogen) atoms. The van der Waals surface area contributed by atoms with Gasteiger partial charge in [-0.25, -0.2) is 4.98 Å². The molecule has 2 aromatic rings. The molecule has 1 N–H and O–H groups in total. The first-order valence-corrected chi connectivity index (χ1v) is 9.01. The second-order valence-corrected chi connectivity index (χ2v) is 7.05. The number of nitrogens with one attached hydrogen (secondary N) is 1. The topological polar surface area (TPSA) is 50.8 Å². The average Bonchev–Trinajstić information content (AvgIpc) is 3.03. The van der Waals surface area contributed by atoms with Crippen LogP contribution in [0.3, 0.4) is 0 Å². The number of methoxy groups -OCH3 is 1. The molecule has 0 radical (unpaired) electrons. The number of H-pyrrole nitrogens is 1. The van der Waals surface area contributed by atoms with Crippen molar-refractivity contribution in [3.8, 4) is 17.1 Å². The molecule has 0 spiro atoms. The average molecular weight is 338 g/mol. The van der Waals surface area contributed by atoms with E-state index < -0.39 is 0 Å². The highest BCUT2D eigenvalue weighted by Crippen LogP contribution is 2.32.